The SMILES string of the molecule is C[C@H]1CC[C@@H](O)C2(CO)C(=O)[C@H](O)[C@H]3C[C@@]12OC3(C)C. The average Bonchev–Trinajstić information content (AvgIpc) is 2.64. The molecule has 0 aromatic rings. The molecule has 6 atom stereocenters. The molecule has 3 aliphatic rings. The lowest BCUT2D eigenvalue weighted by Crippen LogP contribution is -2.70. The van der Waals surface area contributed by atoms with Gasteiger partial charge in [-0.25, -0.2) is 0 Å². The minimum Gasteiger partial charge on any atom is -0.395 e. The van der Waals surface area contributed by atoms with Crippen molar-refractivity contribution >= 4 is 5.78 Å². The van der Waals surface area contributed by atoms with E-state index in [1.165, 1.54) is 0 Å². The molecule has 2 saturated carbocycles. The molecule has 1 aliphatic heterocycles. The van der Waals surface area contributed by atoms with E-state index in [1.807, 2.05) is 20.8 Å². The number of hydrogen-bond donors (Lipinski definition) is 3. The first-order chi connectivity index (χ1) is 9.23. The third-order valence-electron chi connectivity index (χ3n) is 6.19. The van der Waals surface area contributed by atoms with Crippen molar-refractivity contribution in [1.29, 1.82) is 0 Å². The van der Waals surface area contributed by atoms with Gasteiger partial charge in [-0.2, -0.15) is 0 Å². The van der Waals surface area contributed by atoms with Crippen LogP contribution < -0.4 is 0 Å². The number of fused-ring (bicyclic) bond motifs is 1. The van der Waals surface area contributed by atoms with Crippen molar-refractivity contribution < 1.29 is 24.9 Å². The number of carbonyl (C=O) groups is 1. The molecule has 3 rings (SSSR count). The maximum absolute atomic E-state index is 12.8. The van der Waals surface area contributed by atoms with Gasteiger partial charge in [0.15, 0.2) is 5.78 Å². The maximum Gasteiger partial charge on any atom is 0.175 e. The highest BCUT2D eigenvalue weighted by Gasteiger charge is 2.75. The van der Waals surface area contributed by atoms with Gasteiger partial charge in [0, 0.05) is 5.92 Å². The predicted octanol–water partition coefficient (Wildman–Crippen LogP) is 0.253. The Morgan fingerprint density at radius 3 is 2.55 bits per heavy atom. The molecule has 114 valence electrons. The Hall–Kier alpha value is -0.490. The summed E-state index contributed by atoms with van der Waals surface area (Å²) in [5, 5.41) is 30.8. The molecule has 0 aromatic heterocycles. The lowest BCUT2D eigenvalue weighted by atomic mass is 9.50. The highest BCUT2D eigenvalue weighted by molar-refractivity contribution is 5.93. The molecule has 3 fully saturated rings. The molecule has 1 unspecified atom stereocenters. The Kier molecular flexibility index (Phi) is 2.91. The van der Waals surface area contributed by atoms with Crippen LogP contribution in [0.15, 0.2) is 0 Å². The Morgan fingerprint density at radius 1 is 1.30 bits per heavy atom. The van der Waals surface area contributed by atoms with Crippen molar-refractivity contribution in [3.05, 3.63) is 0 Å². The Balaban J connectivity index is 2.22. The second kappa shape index (κ2) is 4.03. The van der Waals surface area contributed by atoms with E-state index >= 15 is 0 Å². The number of aliphatic hydroxyl groups excluding tert-OH is 3. The number of carbonyl (C=O) groups excluding carboxylic acids is 1. The number of ketones is 1. The average molecular weight is 284 g/mol. The number of aliphatic hydroxyl groups is 3. The Bertz CT molecular complexity index is 448. The first kappa shape index (κ1) is 14.4. The number of Topliss-reactive ketones (excluding diaryl/α,β-unsaturated/α-hetero) is 1. The first-order valence-corrected chi connectivity index (χ1v) is 7.44. The van der Waals surface area contributed by atoms with Crippen molar-refractivity contribution in [3.63, 3.8) is 0 Å². The van der Waals surface area contributed by atoms with E-state index in [0.29, 0.717) is 12.8 Å². The Morgan fingerprint density at radius 2 is 1.95 bits per heavy atom. The van der Waals surface area contributed by atoms with E-state index in [2.05, 4.69) is 0 Å². The van der Waals surface area contributed by atoms with E-state index in [9.17, 15) is 20.1 Å². The molecule has 1 saturated heterocycles. The van der Waals surface area contributed by atoms with Crippen LogP contribution in [0, 0.1) is 17.3 Å². The molecule has 2 bridgehead atoms. The van der Waals surface area contributed by atoms with E-state index < -0.39 is 41.2 Å². The summed E-state index contributed by atoms with van der Waals surface area (Å²) in [4.78, 5) is 12.8. The topological polar surface area (TPSA) is 87.0 Å². The fraction of sp³-hybridized carbons (Fsp3) is 0.933. The zero-order valence-corrected chi connectivity index (χ0v) is 12.3. The monoisotopic (exact) mass is 284 g/mol. The molecule has 0 amide bonds. The van der Waals surface area contributed by atoms with Crippen molar-refractivity contribution in [1.82, 2.24) is 0 Å². The van der Waals surface area contributed by atoms with Gasteiger partial charge in [-0.1, -0.05) is 6.92 Å². The molecule has 20 heavy (non-hydrogen) atoms. The molecule has 2 aliphatic carbocycles. The third kappa shape index (κ3) is 1.35. The number of ether oxygens (including phenoxy) is 1. The van der Waals surface area contributed by atoms with Gasteiger partial charge in [0.25, 0.3) is 0 Å². The molecule has 5 nitrogen and oxygen atoms in total. The predicted molar refractivity (Wildman–Crippen MR) is 70.9 cm³/mol. The van der Waals surface area contributed by atoms with Gasteiger partial charge in [-0.3, -0.25) is 4.79 Å². The van der Waals surface area contributed by atoms with E-state index in [1.54, 1.807) is 0 Å². The molecule has 3 N–H and O–H groups in total. The van der Waals surface area contributed by atoms with Crippen LogP contribution in [-0.4, -0.2) is 51.1 Å². The maximum atomic E-state index is 12.8. The van der Waals surface area contributed by atoms with Gasteiger partial charge in [0.05, 0.1) is 23.9 Å². The quantitative estimate of drug-likeness (QED) is 0.642. The second-order valence-electron chi connectivity index (χ2n) is 7.34. The summed E-state index contributed by atoms with van der Waals surface area (Å²) >= 11 is 0. The molecule has 5 heteroatoms. The van der Waals surface area contributed by atoms with Crippen LogP contribution in [-0.2, 0) is 9.53 Å². The fourth-order valence-electron chi connectivity index (χ4n) is 4.97. The zero-order valence-electron chi connectivity index (χ0n) is 12.3. The Labute approximate surface area is 118 Å². The minimum atomic E-state index is -1.38. The van der Waals surface area contributed by atoms with Crippen molar-refractivity contribution in [2.24, 2.45) is 17.3 Å². The van der Waals surface area contributed by atoms with Crippen LogP contribution in [0.5, 0.6) is 0 Å². The summed E-state index contributed by atoms with van der Waals surface area (Å²) in [5.74, 6) is -0.651. The summed E-state index contributed by atoms with van der Waals surface area (Å²) < 4.78 is 6.28. The van der Waals surface area contributed by atoms with Crippen LogP contribution in [0.3, 0.4) is 0 Å². The second-order valence-corrected chi connectivity index (χ2v) is 7.34. The number of rotatable bonds is 1. The molecular formula is C15H24O5. The molecular weight excluding hydrogens is 260 g/mol. The summed E-state index contributed by atoms with van der Waals surface area (Å²) in [7, 11) is 0. The van der Waals surface area contributed by atoms with Gasteiger partial charge in [-0.15, -0.1) is 0 Å². The summed E-state index contributed by atoms with van der Waals surface area (Å²) in [5.41, 5.74) is -2.87. The van der Waals surface area contributed by atoms with Crippen molar-refractivity contribution in [3.8, 4) is 0 Å². The van der Waals surface area contributed by atoms with E-state index in [-0.39, 0.29) is 11.8 Å². The molecule has 1 spiro atoms. The number of hydrogen-bond acceptors (Lipinski definition) is 5. The summed E-state index contributed by atoms with van der Waals surface area (Å²) in [6.07, 6.45) is -0.398. The standard InChI is InChI=1S/C15H24O5/c1-8-4-5-10(17)14(7-16)12(19)11(18)9-6-15(8,14)20-13(9,2)3/h8-11,16-18H,4-7H2,1-3H3/t8-,9+,10+,11+,14?,15+/m0/s1. The van der Waals surface area contributed by atoms with Gasteiger partial charge in [-0.05, 0) is 39.0 Å². The van der Waals surface area contributed by atoms with Crippen LogP contribution in [0.1, 0.15) is 40.0 Å². The van der Waals surface area contributed by atoms with E-state index in [4.69, 9.17) is 4.74 Å². The van der Waals surface area contributed by atoms with Crippen molar-refractivity contribution in [2.45, 2.75) is 63.4 Å². The summed E-state index contributed by atoms with van der Waals surface area (Å²) in [6.45, 7) is 5.30. The lowest BCUT2D eigenvalue weighted by molar-refractivity contribution is -0.238. The smallest absolute Gasteiger partial charge is 0.175 e. The first-order valence-electron chi connectivity index (χ1n) is 7.44. The molecule has 0 radical (unpaired) electrons. The van der Waals surface area contributed by atoms with Gasteiger partial charge < -0.3 is 20.1 Å². The van der Waals surface area contributed by atoms with Gasteiger partial charge >= 0.3 is 0 Å². The van der Waals surface area contributed by atoms with Crippen LogP contribution in [0.25, 0.3) is 0 Å². The molecule has 0 aromatic carbocycles. The van der Waals surface area contributed by atoms with Gasteiger partial charge in [0.2, 0.25) is 0 Å². The molecule has 1 heterocycles. The van der Waals surface area contributed by atoms with E-state index in [0.717, 1.165) is 6.42 Å². The van der Waals surface area contributed by atoms with Gasteiger partial charge in [0.1, 0.15) is 11.5 Å². The van der Waals surface area contributed by atoms with Crippen LogP contribution in [0.2, 0.25) is 0 Å². The highest BCUT2D eigenvalue weighted by atomic mass is 16.5. The lowest BCUT2D eigenvalue weighted by Gasteiger charge is -2.57. The van der Waals surface area contributed by atoms with Crippen LogP contribution >= 0.6 is 0 Å². The summed E-state index contributed by atoms with van der Waals surface area (Å²) in [6, 6.07) is 0. The minimum absolute atomic E-state index is 0.0683. The fourth-order valence-corrected chi connectivity index (χ4v) is 4.97. The zero-order chi connectivity index (χ0) is 14.9. The third-order valence-corrected chi connectivity index (χ3v) is 6.19. The normalized spacial score (nSPS) is 53.8. The highest BCUT2D eigenvalue weighted by Crippen LogP contribution is 2.64. The largest absolute Gasteiger partial charge is 0.395 e. The van der Waals surface area contributed by atoms with Crippen molar-refractivity contribution in [2.75, 3.05) is 6.61 Å². The van der Waals surface area contributed by atoms with Crippen LogP contribution in [0.4, 0.5) is 0 Å².